The molecule has 1 heterocycles. The van der Waals surface area contributed by atoms with Crippen LogP contribution in [0.15, 0.2) is 12.3 Å². The first-order valence-corrected chi connectivity index (χ1v) is 5.56. The molecule has 6 heteroatoms. The highest BCUT2D eigenvalue weighted by Gasteiger charge is 2.31. The quantitative estimate of drug-likeness (QED) is 0.458. The van der Waals surface area contributed by atoms with Crippen molar-refractivity contribution >= 4 is 11.7 Å². The molecule has 0 spiro atoms. The van der Waals surface area contributed by atoms with Gasteiger partial charge in [-0.15, -0.1) is 0 Å². The van der Waals surface area contributed by atoms with Gasteiger partial charge in [-0.3, -0.25) is 10.1 Å². The maximum Gasteiger partial charge on any atom is 0.355 e. The smallest absolute Gasteiger partial charge is 0.355 e. The maximum atomic E-state index is 11.8. The van der Waals surface area contributed by atoms with Gasteiger partial charge in [0.2, 0.25) is 0 Å². The monoisotopic (exact) mass is 238 g/mol. The molecule has 2 rings (SSSR count). The topological polar surface area (TPSA) is 74.4 Å². The first-order chi connectivity index (χ1) is 7.99. The Morgan fingerprint density at radius 2 is 2.24 bits per heavy atom. The van der Waals surface area contributed by atoms with E-state index in [-0.39, 0.29) is 23.5 Å². The Morgan fingerprint density at radius 1 is 1.59 bits per heavy atom. The Labute approximate surface area is 98.3 Å². The number of hydrogen-bond donors (Lipinski definition) is 0. The number of hydrogen-bond acceptors (Lipinski definition) is 4. The lowest BCUT2D eigenvalue weighted by Gasteiger charge is -2.09. The summed E-state index contributed by atoms with van der Waals surface area (Å²) in [6.45, 7) is 3.49. The minimum atomic E-state index is -0.500. The molecule has 0 saturated heterocycles. The molecule has 1 aliphatic carbocycles. The van der Waals surface area contributed by atoms with Gasteiger partial charge >= 0.3 is 5.97 Å². The Bertz CT molecular complexity index is 460. The zero-order chi connectivity index (χ0) is 12.6. The molecule has 6 nitrogen and oxygen atoms in total. The average Bonchev–Trinajstić information content (AvgIpc) is 2.95. The number of rotatable bonds is 4. The van der Waals surface area contributed by atoms with E-state index in [4.69, 9.17) is 4.74 Å². The van der Waals surface area contributed by atoms with Crippen LogP contribution in [0.3, 0.4) is 0 Å². The Kier molecular flexibility index (Phi) is 2.87. The molecule has 1 aliphatic rings. The van der Waals surface area contributed by atoms with Crippen LogP contribution in [0.25, 0.3) is 0 Å². The van der Waals surface area contributed by atoms with Gasteiger partial charge in [0.25, 0.3) is 5.69 Å². The Balaban J connectivity index is 2.30. The second-order valence-electron chi connectivity index (χ2n) is 4.43. The number of aromatic nitrogens is 1. The van der Waals surface area contributed by atoms with E-state index in [0.717, 1.165) is 12.8 Å². The fraction of sp³-hybridized carbons (Fsp3) is 0.545. The molecule has 1 aromatic heterocycles. The van der Waals surface area contributed by atoms with Crippen molar-refractivity contribution in [2.24, 2.45) is 0 Å². The fourth-order valence-electron chi connectivity index (χ4n) is 1.66. The Morgan fingerprint density at radius 3 is 2.71 bits per heavy atom. The molecule has 0 aliphatic heterocycles. The average molecular weight is 238 g/mol. The van der Waals surface area contributed by atoms with Crippen molar-refractivity contribution in [2.45, 2.75) is 38.8 Å². The van der Waals surface area contributed by atoms with Crippen LogP contribution in [-0.2, 0) is 4.74 Å². The molecule has 0 atom stereocenters. The molecule has 0 aromatic carbocycles. The van der Waals surface area contributed by atoms with E-state index in [1.54, 1.807) is 18.4 Å². The van der Waals surface area contributed by atoms with Crippen molar-refractivity contribution in [2.75, 3.05) is 0 Å². The van der Waals surface area contributed by atoms with Gasteiger partial charge in [-0.05, 0) is 26.7 Å². The van der Waals surface area contributed by atoms with Crippen molar-refractivity contribution in [3.05, 3.63) is 28.1 Å². The summed E-state index contributed by atoms with van der Waals surface area (Å²) in [5.74, 6) is -0.500. The lowest BCUT2D eigenvalue weighted by atomic mass is 10.4. The second kappa shape index (κ2) is 4.20. The largest absolute Gasteiger partial charge is 0.458 e. The normalized spacial score (nSPS) is 15.0. The molecule has 0 unspecified atom stereocenters. The number of nitro groups is 1. The highest BCUT2D eigenvalue weighted by molar-refractivity contribution is 5.89. The van der Waals surface area contributed by atoms with Crippen LogP contribution >= 0.6 is 0 Å². The summed E-state index contributed by atoms with van der Waals surface area (Å²) in [6.07, 6.45) is 3.08. The molecule has 1 aromatic rings. The summed E-state index contributed by atoms with van der Waals surface area (Å²) in [7, 11) is 0. The minimum Gasteiger partial charge on any atom is -0.458 e. The molecule has 17 heavy (non-hydrogen) atoms. The summed E-state index contributed by atoms with van der Waals surface area (Å²) in [5.41, 5.74) is 0.209. The first kappa shape index (κ1) is 11.6. The third kappa shape index (κ3) is 2.46. The van der Waals surface area contributed by atoms with E-state index in [1.165, 1.54) is 12.3 Å². The van der Waals surface area contributed by atoms with Crippen LogP contribution in [0.2, 0.25) is 0 Å². The predicted octanol–water partition coefficient (Wildman–Crippen LogP) is 2.30. The van der Waals surface area contributed by atoms with Gasteiger partial charge in [-0.1, -0.05) is 0 Å². The third-order valence-corrected chi connectivity index (χ3v) is 2.54. The molecule has 0 amide bonds. The molecular formula is C11H14N2O4. The molecule has 1 saturated carbocycles. The maximum absolute atomic E-state index is 11.8. The van der Waals surface area contributed by atoms with Crippen molar-refractivity contribution in [1.29, 1.82) is 0 Å². The fourth-order valence-corrected chi connectivity index (χ4v) is 1.66. The van der Waals surface area contributed by atoms with Crippen LogP contribution in [0.1, 0.15) is 43.2 Å². The number of ether oxygens (including phenoxy) is 1. The number of carbonyl (C=O) groups is 1. The van der Waals surface area contributed by atoms with Crippen LogP contribution in [-0.4, -0.2) is 21.6 Å². The highest BCUT2D eigenvalue weighted by Crippen LogP contribution is 2.38. The molecule has 0 radical (unpaired) electrons. The van der Waals surface area contributed by atoms with Crippen molar-refractivity contribution < 1.29 is 14.5 Å². The summed E-state index contributed by atoms with van der Waals surface area (Å²) in [6, 6.07) is 1.49. The van der Waals surface area contributed by atoms with Gasteiger partial charge in [0.15, 0.2) is 0 Å². The van der Waals surface area contributed by atoms with E-state index in [9.17, 15) is 14.9 Å². The highest BCUT2D eigenvalue weighted by atomic mass is 16.6. The Hall–Kier alpha value is -1.85. The number of esters is 1. The van der Waals surface area contributed by atoms with Gasteiger partial charge in [0, 0.05) is 12.1 Å². The SMILES string of the molecule is CC(C)OC(=O)c1cc([N+](=O)[O-])cn1C1CC1. The van der Waals surface area contributed by atoms with Gasteiger partial charge < -0.3 is 9.30 Å². The van der Waals surface area contributed by atoms with Crippen molar-refractivity contribution in [3.63, 3.8) is 0 Å². The predicted molar refractivity (Wildman–Crippen MR) is 59.9 cm³/mol. The van der Waals surface area contributed by atoms with Gasteiger partial charge in [-0.2, -0.15) is 0 Å². The summed E-state index contributed by atoms with van der Waals surface area (Å²) >= 11 is 0. The van der Waals surface area contributed by atoms with Crippen LogP contribution < -0.4 is 0 Å². The molecular weight excluding hydrogens is 224 g/mol. The van der Waals surface area contributed by atoms with Crippen LogP contribution in [0, 0.1) is 10.1 Å². The summed E-state index contributed by atoms with van der Waals surface area (Å²) in [4.78, 5) is 22.0. The van der Waals surface area contributed by atoms with E-state index in [1.807, 2.05) is 0 Å². The van der Waals surface area contributed by atoms with E-state index < -0.39 is 10.9 Å². The first-order valence-electron chi connectivity index (χ1n) is 5.56. The van der Waals surface area contributed by atoms with Crippen molar-refractivity contribution in [1.82, 2.24) is 4.57 Å². The van der Waals surface area contributed by atoms with Crippen LogP contribution in [0.4, 0.5) is 5.69 Å². The standard InChI is InChI=1S/C11H14N2O4/c1-7(2)17-11(14)10-5-9(13(15)16)6-12(10)8-3-4-8/h5-8H,3-4H2,1-2H3. The lowest BCUT2D eigenvalue weighted by molar-refractivity contribution is -0.384. The van der Waals surface area contributed by atoms with Gasteiger partial charge in [0.05, 0.1) is 17.2 Å². The van der Waals surface area contributed by atoms with Gasteiger partial charge in [0.1, 0.15) is 5.69 Å². The van der Waals surface area contributed by atoms with E-state index >= 15 is 0 Å². The molecule has 0 bridgehead atoms. The van der Waals surface area contributed by atoms with Gasteiger partial charge in [-0.25, -0.2) is 4.79 Å². The number of nitrogens with zero attached hydrogens (tertiary/aromatic N) is 2. The molecule has 1 fully saturated rings. The molecule has 0 N–H and O–H groups in total. The summed E-state index contributed by atoms with van der Waals surface area (Å²) in [5, 5.41) is 10.7. The van der Waals surface area contributed by atoms with E-state index in [0.29, 0.717) is 0 Å². The lowest BCUT2D eigenvalue weighted by Crippen LogP contribution is -2.15. The van der Waals surface area contributed by atoms with E-state index in [2.05, 4.69) is 0 Å². The zero-order valence-electron chi connectivity index (χ0n) is 9.75. The molecule has 92 valence electrons. The second-order valence-corrected chi connectivity index (χ2v) is 4.43. The van der Waals surface area contributed by atoms with Crippen molar-refractivity contribution in [3.8, 4) is 0 Å². The number of carbonyl (C=O) groups excluding carboxylic acids is 1. The van der Waals surface area contributed by atoms with Crippen LogP contribution in [0.5, 0.6) is 0 Å². The summed E-state index contributed by atoms with van der Waals surface area (Å²) < 4.78 is 6.72. The third-order valence-electron chi connectivity index (χ3n) is 2.54. The zero-order valence-corrected chi connectivity index (χ0v) is 9.75. The minimum absolute atomic E-state index is 0.0624.